The monoisotopic (exact) mass is 265 g/mol. The zero-order valence-corrected chi connectivity index (χ0v) is 11.9. The molecule has 3 aliphatic heterocycles. The Morgan fingerprint density at radius 2 is 1.74 bits per heavy atom. The van der Waals surface area contributed by atoms with Gasteiger partial charge in [-0.15, -0.1) is 0 Å². The van der Waals surface area contributed by atoms with E-state index in [-0.39, 0.29) is 0 Å². The summed E-state index contributed by atoms with van der Waals surface area (Å²) in [6.07, 6.45) is 6.16. The van der Waals surface area contributed by atoms with Gasteiger partial charge in [0.25, 0.3) is 0 Å². The van der Waals surface area contributed by atoms with Crippen LogP contribution in [0.1, 0.15) is 25.7 Å². The standard InChI is InChI=1S/C15H27N3O/c1-3-16-4-2-13(1)19-14-5-12(6-14)7-18-10-15(11-18)8-17-9-15/h12-14,16-17H,1-11H2. The molecular formula is C15H27N3O. The summed E-state index contributed by atoms with van der Waals surface area (Å²) in [5, 5.41) is 6.81. The van der Waals surface area contributed by atoms with E-state index in [0.29, 0.717) is 17.6 Å². The number of piperidine rings is 1. The average Bonchev–Trinajstić information content (AvgIpc) is 2.28. The maximum atomic E-state index is 6.20. The molecule has 1 saturated carbocycles. The Bertz CT molecular complexity index is 311. The predicted octanol–water partition coefficient (Wildman–Crippen LogP) is 0.439. The van der Waals surface area contributed by atoms with Crippen molar-refractivity contribution in [2.45, 2.75) is 37.9 Å². The fourth-order valence-electron chi connectivity index (χ4n) is 4.24. The van der Waals surface area contributed by atoms with Crippen molar-refractivity contribution in [1.82, 2.24) is 15.5 Å². The second-order valence-electron chi connectivity index (χ2n) is 7.32. The van der Waals surface area contributed by atoms with Gasteiger partial charge in [0.05, 0.1) is 12.2 Å². The molecule has 0 amide bonds. The molecule has 0 aromatic rings. The number of rotatable bonds is 4. The second kappa shape index (κ2) is 4.99. The van der Waals surface area contributed by atoms with E-state index >= 15 is 0 Å². The molecule has 4 nitrogen and oxygen atoms in total. The molecule has 0 unspecified atom stereocenters. The Balaban J connectivity index is 1.12. The van der Waals surface area contributed by atoms with Crippen LogP contribution in [0.5, 0.6) is 0 Å². The van der Waals surface area contributed by atoms with Crippen molar-refractivity contribution >= 4 is 0 Å². The van der Waals surface area contributed by atoms with Gasteiger partial charge in [0.15, 0.2) is 0 Å². The van der Waals surface area contributed by atoms with Gasteiger partial charge in [-0.3, -0.25) is 0 Å². The average molecular weight is 265 g/mol. The molecule has 4 aliphatic rings. The first-order valence-corrected chi connectivity index (χ1v) is 8.11. The van der Waals surface area contributed by atoms with E-state index in [1.54, 1.807) is 0 Å². The number of ether oxygens (including phenoxy) is 1. The number of hydrogen-bond donors (Lipinski definition) is 2. The topological polar surface area (TPSA) is 36.5 Å². The minimum Gasteiger partial charge on any atom is -0.375 e. The van der Waals surface area contributed by atoms with E-state index in [1.807, 2.05) is 0 Å². The number of nitrogens with zero attached hydrogens (tertiary/aromatic N) is 1. The minimum atomic E-state index is 0.542. The molecule has 108 valence electrons. The van der Waals surface area contributed by atoms with Crippen LogP contribution in [0.15, 0.2) is 0 Å². The zero-order chi connectivity index (χ0) is 12.7. The van der Waals surface area contributed by atoms with Gasteiger partial charge >= 0.3 is 0 Å². The van der Waals surface area contributed by atoms with Crippen molar-refractivity contribution in [1.29, 1.82) is 0 Å². The summed E-state index contributed by atoms with van der Waals surface area (Å²) in [5.74, 6) is 0.914. The first kappa shape index (κ1) is 12.6. The van der Waals surface area contributed by atoms with Crippen LogP contribution in [0.25, 0.3) is 0 Å². The normalized spacial score (nSPS) is 38.5. The van der Waals surface area contributed by atoms with E-state index < -0.39 is 0 Å². The summed E-state index contributed by atoms with van der Waals surface area (Å²) in [4.78, 5) is 2.66. The van der Waals surface area contributed by atoms with Crippen molar-refractivity contribution in [3.8, 4) is 0 Å². The number of hydrogen-bond acceptors (Lipinski definition) is 4. The molecule has 2 N–H and O–H groups in total. The van der Waals surface area contributed by atoms with Crippen LogP contribution >= 0.6 is 0 Å². The lowest BCUT2D eigenvalue weighted by Gasteiger charge is -2.57. The molecule has 3 saturated heterocycles. The molecule has 3 heterocycles. The number of likely N-dealkylation sites (tertiary alicyclic amines) is 1. The van der Waals surface area contributed by atoms with Crippen molar-refractivity contribution in [2.75, 3.05) is 45.8 Å². The van der Waals surface area contributed by atoms with Gasteiger partial charge in [-0.05, 0) is 44.7 Å². The first-order valence-electron chi connectivity index (χ1n) is 8.11. The Hall–Kier alpha value is -0.160. The number of nitrogens with one attached hydrogen (secondary N) is 2. The molecule has 0 radical (unpaired) electrons. The lowest BCUT2D eigenvalue weighted by Crippen LogP contribution is -2.71. The minimum absolute atomic E-state index is 0.542. The van der Waals surface area contributed by atoms with Gasteiger partial charge in [0.1, 0.15) is 0 Å². The molecule has 1 aliphatic carbocycles. The Labute approximate surface area is 116 Å². The summed E-state index contributed by atoms with van der Waals surface area (Å²) in [5.41, 5.74) is 0.689. The van der Waals surface area contributed by atoms with E-state index in [1.165, 1.54) is 58.4 Å². The molecule has 19 heavy (non-hydrogen) atoms. The van der Waals surface area contributed by atoms with Crippen LogP contribution in [-0.2, 0) is 4.74 Å². The highest BCUT2D eigenvalue weighted by molar-refractivity contribution is 5.04. The molecule has 0 bridgehead atoms. The maximum Gasteiger partial charge on any atom is 0.0603 e. The van der Waals surface area contributed by atoms with Gasteiger partial charge < -0.3 is 20.3 Å². The summed E-state index contributed by atoms with van der Waals surface area (Å²) in [6, 6.07) is 0. The first-order chi connectivity index (χ1) is 9.31. The molecule has 4 heteroatoms. The van der Waals surface area contributed by atoms with Crippen LogP contribution in [-0.4, -0.2) is 62.9 Å². The summed E-state index contributed by atoms with van der Waals surface area (Å²) < 4.78 is 6.20. The lowest BCUT2D eigenvalue weighted by atomic mass is 9.73. The third-order valence-electron chi connectivity index (χ3n) is 5.50. The fraction of sp³-hybridized carbons (Fsp3) is 1.00. The Morgan fingerprint density at radius 3 is 2.37 bits per heavy atom. The molecule has 4 rings (SSSR count). The third kappa shape index (κ3) is 2.56. The van der Waals surface area contributed by atoms with Gasteiger partial charge in [-0.2, -0.15) is 0 Å². The molecule has 0 aromatic heterocycles. The van der Waals surface area contributed by atoms with Crippen molar-refractivity contribution in [3.05, 3.63) is 0 Å². The summed E-state index contributed by atoms with van der Waals surface area (Å²) >= 11 is 0. The summed E-state index contributed by atoms with van der Waals surface area (Å²) in [6.45, 7) is 8.82. The van der Waals surface area contributed by atoms with E-state index in [0.717, 1.165) is 19.0 Å². The second-order valence-corrected chi connectivity index (χ2v) is 7.32. The van der Waals surface area contributed by atoms with Gasteiger partial charge in [0, 0.05) is 38.1 Å². The van der Waals surface area contributed by atoms with Gasteiger partial charge in [-0.1, -0.05) is 0 Å². The quantitative estimate of drug-likeness (QED) is 0.773. The largest absolute Gasteiger partial charge is 0.375 e. The lowest BCUT2D eigenvalue weighted by molar-refractivity contribution is -0.107. The third-order valence-corrected chi connectivity index (χ3v) is 5.50. The Morgan fingerprint density at radius 1 is 1.00 bits per heavy atom. The van der Waals surface area contributed by atoms with E-state index in [2.05, 4.69) is 15.5 Å². The molecule has 0 aromatic carbocycles. The van der Waals surface area contributed by atoms with Gasteiger partial charge in [0.2, 0.25) is 0 Å². The molecular weight excluding hydrogens is 238 g/mol. The predicted molar refractivity (Wildman–Crippen MR) is 75.2 cm³/mol. The van der Waals surface area contributed by atoms with Crippen molar-refractivity contribution < 1.29 is 4.74 Å². The maximum absolute atomic E-state index is 6.20. The highest BCUT2D eigenvalue weighted by Crippen LogP contribution is 2.38. The van der Waals surface area contributed by atoms with E-state index in [4.69, 9.17) is 4.74 Å². The van der Waals surface area contributed by atoms with Crippen LogP contribution < -0.4 is 10.6 Å². The van der Waals surface area contributed by atoms with Crippen molar-refractivity contribution in [2.24, 2.45) is 11.3 Å². The van der Waals surface area contributed by atoms with E-state index in [9.17, 15) is 0 Å². The highest BCUT2D eigenvalue weighted by atomic mass is 16.5. The van der Waals surface area contributed by atoms with Crippen LogP contribution in [0.4, 0.5) is 0 Å². The van der Waals surface area contributed by atoms with Crippen LogP contribution in [0.2, 0.25) is 0 Å². The zero-order valence-electron chi connectivity index (χ0n) is 11.9. The molecule has 4 fully saturated rings. The van der Waals surface area contributed by atoms with Gasteiger partial charge in [-0.25, -0.2) is 0 Å². The summed E-state index contributed by atoms with van der Waals surface area (Å²) in [7, 11) is 0. The molecule has 0 atom stereocenters. The Kier molecular flexibility index (Phi) is 3.30. The SMILES string of the molecule is C1CC(OC2CC(CN3CC4(CNC4)C3)C2)CCN1. The van der Waals surface area contributed by atoms with Crippen LogP contribution in [0.3, 0.4) is 0 Å². The molecule has 1 spiro atoms. The van der Waals surface area contributed by atoms with Crippen LogP contribution in [0, 0.1) is 11.3 Å². The van der Waals surface area contributed by atoms with Crippen molar-refractivity contribution in [3.63, 3.8) is 0 Å². The smallest absolute Gasteiger partial charge is 0.0603 e. The highest BCUT2D eigenvalue weighted by Gasteiger charge is 2.48. The fourth-order valence-corrected chi connectivity index (χ4v) is 4.24.